The van der Waals surface area contributed by atoms with Crippen LogP contribution in [-0.4, -0.2) is 43.7 Å². The molecule has 1 fully saturated rings. The summed E-state index contributed by atoms with van der Waals surface area (Å²) in [7, 11) is 0. The van der Waals surface area contributed by atoms with Gasteiger partial charge in [0.15, 0.2) is 0 Å². The van der Waals surface area contributed by atoms with Crippen LogP contribution in [-0.2, 0) is 11.2 Å². The molecule has 2 heterocycles. The second-order valence-electron chi connectivity index (χ2n) is 5.64. The van der Waals surface area contributed by atoms with Crippen molar-refractivity contribution >= 4 is 28.6 Å². The van der Waals surface area contributed by atoms with E-state index >= 15 is 0 Å². The van der Waals surface area contributed by atoms with Crippen molar-refractivity contribution in [3.05, 3.63) is 56.3 Å². The average Bonchev–Trinajstić information content (AvgIpc) is 3.15. The highest BCUT2D eigenvalue weighted by Crippen LogP contribution is 2.26. The Morgan fingerprint density at radius 1 is 1.32 bits per heavy atom. The number of nitrogens with zero attached hydrogens (tertiary/aromatic N) is 2. The molecule has 0 atom stereocenters. The summed E-state index contributed by atoms with van der Waals surface area (Å²) in [6.07, 6.45) is 0.741. The first-order valence-electron chi connectivity index (χ1n) is 8.07. The molecule has 1 amide bonds. The zero-order chi connectivity index (χ0) is 17.6. The summed E-state index contributed by atoms with van der Waals surface area (Å²) in [5, 5.41) is 15.9. The summed E-state index contributed by atoms with van der Waals surface area (Å²) in [6.45, 7) is 2.97. The molecule has 132 valence electrons. The Morgan fingerprint density at radius 3 is 2.80 bits per heavy atom. The fraction of sp³-hybridized carbons (Fsp3) is 0.353. The Labute approximate surface area is 149 Å². The highest BCUT2D eigenvalue weighted by Gasteiger charge is 2.21. The lowest BCUT2D eigenvalue weighted by atomic mass is 10.1. The number of amides is 1. The highest BCUT2D eigenvalue weighted by atomic mass is 32.1. The van der Waals surface area contributed by atoms with E-state index in [4.69, 9.17) is 4.74 Å². The first-order valence-corrected chi connectivity index (χ1v) is 8.95. The lowest BCUT2D eigenvalue weighted by Crippen LogP contribution is -2.38. The molecule has 0 saturated carbocycles. The van der Waals surface area contributed by atoms with Crippen molar-refractivity contribution in [2.45, 2.75) is 6.42 Å². The van der Waals surface area contributed by atoms with Crippen LogP contribution < -0.4 is 10.2 Å². The lowest BCUT2D eigenvalue weighted by molar-refractivity contribution is -0.384. The SMILES string of the molecule is O=C(NCCc1cccs1)c1cc([N+](=O)[O-])ccc1N1CCOCC1. The van der Waals surface area contributed by atoms with Crippen LogP contribution in [0, 0.1) is 10.1 Å². The average molecular weight is 361 g/mol. The van der Waals surface area contributed by atoms with E-state index in [1.165, 1.54) is 17.0 Å². The molecule has 1 saturated heterocycles. The number of hydrogen-bond acceptors (Lipinski definition) is 6. The minimum absolute atomic E-state index is 0.0829. The predicted molar refractivity (Wildman–Crippen MR) is 96.5 cm³/mol. The molecule has 1 N–H and O–H groups in total. The molecule has 1 aromatic carbocycles. The fourth-order valence-electron chi connectivity index (χ4n) is 2.75. The Morgan fingerprint density at radius 2 is 2.12 bits per heavy atom. The maximum absolute atomic E-state index is 12.6. The molecule has 8 heteroatoms. The third kappa shape index (κ3) is 4.34. The lowest BCUT2D eigenvalue weighted by Gasteiger charge is -2.30. The molecule has 3 rings (SSSR count). The maximum Gasteiger partial charge on any atom is 0.270 e. The number of benzene rings is 1. The van der Waals surface area contributed by atoms with Crippen molar-refractivity contribution in [2.75, 3.05) is 37.7 Å². The van der Waals surface area contributed by atoms with Crippen LogP contribution in [0.15, 0.2) is 35.7 Å². The Kier molecular flexibility index (Phi) is 5.62. The number of ether oxygens (including phenoxy) is 1. The molecule has 0 aliphatic carbocycles. The van der Waals surface area contributed by atoms with Gasteiger partial charge in [-0.2, -0.15) is 0 Å². The summed E-state index contributed by atoms with van der Waals surface area (Å²) in [5.41, 5.74) is 0.963. The van der Waals surface area contributed by atoms with E-state index in [9.17, 15) is 14.9 Å². The number of non-ortho nitro benzene ring substituents is 1. The number of rotatable bonds is 6. The zero-order valence-corrected chi connectivity index (χ0v) is 14.5. The van der Waals surface area contributed by atoms with Crippen LogP contribution in [0.3, 0.4) is 0 Å². The standard InChI is InChI=1S/C17H19N3O4S/c21-17(18-6-5-14-2-1-11-25-14)15-12-13(20(22)23)3-4-16(15)19-7-9-24-10-8-19/h1-4,11-12H,5-10H2,(H,18,21). The first kappa shape index (κ1) is 17.4. The van der Waals surface area contributed by atoms with Crippen LogP contribution in [0.1, 0.15) is 15.2 Å². The van der Waals surface area contributed by atoms with E-state index in [-0.39, 0.29) is 11.6 Å². The van der Waals surface area contributed by atoms with Crippen molar-refractivity contribution in [1.82, 2.24) is 5.32 Å². The van der Waals surface area contributed by atoms with Crippen molar-refractivity contribution in [2.24, 2.45) is 0 Å². The minimum Gasteiger partial charge on any atom is -0.378 e. The van der Waals surface area contributed by atoms with Crippen LogP contribution >= 0.6 is 11.3 Å². The number of morpholine rings is 1. The van der Waals surface area contributed by atoms with E-state index in [2.05, 4.69) is 5.32 Å². The first-order chi connectivity index (χ1) is 12.1. The summed E-state index contributed by atoms with van der Waals surface area (Å²) < 4.78 is 5.34. The zero-order valence-electron chi connectivity index (χ0n) is 13.6. The Bertz CT molecular complexity index is 742. The van der Waals surface area contributed by atoms with Crippen molar-refractivity contribution < 1.29 is 14.5 Å². The minimum atomic E-state index is -0.481. The monoisotopic (exact) mass is 361 g/mol. The number of nitro groups is 1. The maximum atomic E-state index is 12.6. The Balaban J connectivity index is 1.76. The van der Waals surface area contributed by atoms with Crippen molar-refractivity contribution in [1.29, 1.82) is 0 Å². The van der Waals surface area contributed by atoms with E-state index in [1.807, 2.05) is 22.4 Å². The smallest absolute Gasteiger partial charge is 0.270 e. The molecule has 2 aromatic rings. The molecule has 0 unspecified atom stereocenters. The number of nitrogens with one attached hydrogen (secondary N) is 1. The molecular formula is C17H19N3O4S. The van der Waals surface area contributed by atoms with Crippen LogP contribution in [0.5, 0.6) is 0 Å². The number of carbonyl (C=O) groups excluding carboxylic acids is 1. The second kappa shape index (κ2) is 8.09. The van der Waals surface area contributed by atoms with Crippen molar-refractivity contribution in [3.8, 4) is 0 Å². The van der Waals surface area contributed by atoms with Crippen molar-refractivity contribution in [3.63, 3.8) is 0 Å². The molecule has 0 spiro atoms. The van der Waals surface area contributed by atoms with Gasteiger partial charge in [0.05, 0.1) is 29.4 Å². The largest absolute Gasteiger partial charge is 0.378 e. The van der Waals surface area contributed by atoms with Gasteiger partial charge in [0.1, 0.15) is 0 Å². The van der Waals surface area contributed by atoms with E-state index < -0.39 is 4.92 Å². The third-order valence-corrected chi connectivity index (χ3v) is 4.96. The molecule has 0 radical (unpaired) electrons. The topological polar surface area (TPSA) is 84.7 Å². The molecular weight excluding hydrogens is 342 g/mol. The predicted octanol–water partition coefficient (Wildman–Crippen LogP) is 2.47. The van der Waals surface area contributed by atoms with Gasteiger partial charge in [-0.3, -0.25) is 14.9 Å². The molecule has 0 bridgehead atoms. The number of carbonyl (C=O) groups is 1. The van der Waals surface area contributed by atoms with Gasteiger partial charge in [0.25, 0.3) is 11.6 Å². The van der Waals surface area contributed by atoms with Gasteiger partial charge < -0.3 is 15.0 Å². The summed E-state index contributed by atoms with van der Waals surface area (Å²) >= 11 is 1.64. The molecule has 7 nitrogen and oxygen atoms in total. The van der Waals surface area contributed by atoms with E-state index in [1.54, 1.807) is 17.4 Å². The highest BCUT2D eigenvalue weighted by molar-refractivity contribution is 7.09. The molecule has 1 aromatic heterocycles. The number of nitro benzene ring substituents is 1. The second-order valence-corrected chi connectivity index (χ2v) is 6.68. The normalized spacial score (nSPS) is 14.3. The molecule has 25 heavy (non-hydrogen) atoms. The van der Waals surface area contributed by atoms with Gasteiger partial charge in [-0.05, 0) is 23.9 Å². The van der Waals surface area contributed by atoms with Gasteiger partial charge in [-0.15, -0.1) is 11.3 Å². The van der Waals surface area contributed by atoms with Crippen LogP contribution in [0.25, 0.3) is 0 Å². The number of anilines is 1. The van der Waals surface area contributed by atoms with Crippen LogP contribution in [0.2, 0.25) is 0 Å². The van der Waals surface area contributed by atoms with Gasteiger partial charge in [-0.25, -0.2) is 0 Å². The summed E-state index contributed by atoms with van der Waals surface area (Å²) in [5.74, 6) is -0.290. The van der Waals surface area contributed by atoms with Crippen LogP contribution in [0.4, 0.5) is 11.4 Å². The fourth-order valence-corrected chi connectivity index (χ4v) is 3.46. The van der Waals surface area contributed by atoms with Gasteiger partial charge >= 0.3 is 0 Å². The molecule has 1 aliphatic heterocycles. The Hall–Kier alpha value is -2.45. The van der Waals surface area contributed by atoms with Gasteiger partial charge in [0, 0.05) is 36.6 Å². The summed E-state index contributed by atoms with van der Waals surface area (Å²) in [4.78, 5) is 26.4. The number of thiophene rings is 1. The third-order valence-electron chi connectivity index (χ3n) is 4.02. The van der Waals surface area contributed by atoms with E-state index in [0.29, 0.717) is 44.1 Å². The van der Waals surface area contributed by atoms with Gasteiger partial charge in [0.2, 0.25) is 0 Å². The van der Waals surface area contributed by atoms with Gasteiger partial charge in [-0.1, -0.05) is 6.07 Å². The number of hydrogen-bond donors (Lipinski definition) is 1. The summed E-state index contributed by atoms with van der Waals surface area (Å²) in [6, 6.07) is 8.43. The molecule has 1 aliphatic rings. The van der Waals surface area contributed by atoms with E-state index in [0.717, 1.165) is 6.42 Å². The quantitative estimate of drug-likeness (QED) is 0.631.